The van der Waals surface area contributed by atoms with E-state index in [0.717, 1.165) is 17.0 Å². The van der Waals surface area contributed by atoms with Crippen LogP contribution in [0.25, 0.3) is 0 Å². The summed E-state index contributed by atoms with van der Waals surface area (Å²) in [6, 6.07) is 8.87. The Labute approximate surface area is 180 Å². The van der Waals surface area contributed by atoms with E-state index in [4.69, 9.17) is 0 Å². The molecule has 31 heavy (non-hydrogen) atoms. The van der Waals surface area contributed by atoms with Gasteiger partial charge in [0.1, 0.15) is 5.75 Å². The molecular formula is C19H17F3N2O5S2. The Morgan fingerprint density at radius 1 is 1.23 bits per heavy atom. The Morgan fingerprint density at radius 2 is 1.90 bits per heavy atom. The number of rotatable bonds is 6. The summed E-state index contributed by atoms with van der Waals surface area (Å²) in [6.45, 7) is 1.38. The lowest BCUT2D eigenvalue weighted by atomic mass is 10.2. The van der Waals surface area contributed by atoms with Crippen LogP contribution in [0.1, 0.15) is 13.3 Å². The molecule has 0 bridgehead atoms. The number of hydrogen-bond donors (Lipinski definition) is 2. The number of carbonyl (C=O) groups is 2. The first-order chi connectivity index (χ1) is 14.4. The predicted octanol–water partition coefficient (Wildman–Crippen LogP) is 3.82. The molecule has 2 amide bonds. The van der Waals surface area contributed by atoms with E-state index in [0.29, 0.717) is 5.69 Å². The number of alkyl halides is 3. The Morgan fingerprint density at radius 3 is 2.55 bits per heavy atom. The molecule has 1 aliphatic rings. The molecule has 0 aliphatic carbocycles. The van der Waals surface area contributed by atoms with Crippen LogP contribution in [-0.2, 0) is 19.4 Å². The van der Waals surface area contributed by atoms with E-state index in [9.17, 15) is 31.2 Å². The largest absolute Gasteiger partial charge is 0.573 e. The van der Waals surface area contributed by atoms with Crippen molar-refractivity contribution < 1.29 is 35.9 Å². The molecule has 1 heterocycles. The van der Waals surface area contributed by atoms with Gasteiger partial charge < -0.3 is 15.4 Å². The molecule has 2 N–H and O–H groups in total. The number of ether oxygens (including phenoxy) is 1. The molecule has 12 heteroatoms. The minimum absolute atomic E-state index is 0.0250. The summed E-state index contributed by atoms with van der Waals surface area (Å²) < 4.78 is 66.0. The summed E-state index contributed by atoms with van der Waals surface area (Å²) >= 11 is 1.30. The maximum absolute atomic E-state index is 12.8. The van der Waals surface area contributed by atoms with E-state index in [1.807, 2.05) is 0 Å². The molecule has 1 aliphatic heterocycles. The van der Waals surface area contributed by atoms with Crippen LogP contribution in [0.15, 0.2) is 52.3 Å². The summed E-state index contributed by atoms with van der Waals surface area (Å²) in [7, 11) is -3.87. The van der Waals surface area contributed by atoms with E-state index in [1.165, 1.54) is 43.0 Å². The summed E-state index contributed by atoms with van der Waals surface area (Å²) in [6.07, 6.45) is -5.20. The van der Waals surface area contributed by atoms with E-state index < -0.39 is 33.1 Å². The van der Waals surface area contributed by atoms with Gasteiger partial charge in [-0.05, 0) is 49.4 Å². The average molecular weight is 474 g/mol. The lowest BCUT2D eigenvalue weighted by molar-refractivity contribution is -0.274. The Bertz CT molecular complexity index is 1100. The highest BCUT2D eigenvalue weighted by Crippen LogP contribution is 2.34. The van der Waals surface area contributed by atoms with Crippen LogP contribution >= 0.6 is 11.8 Å². The van der Waals surface area contributed by atoms with E-state index in [1.54, 1.807) is 6.07 Å². The van der Waals surface area contributed by atoms with Crippen molar-refractivity contribution >= 4 is 44.8 Å². The SMILES string of the molecule is C[C@@H](CC(=O)Nc1ccc(OC(F)(F)F)cc1)S(=O)(=O)c1ccc2c(c1)NC(=O)CS2. The highest BCUT2D eigenvalue weighted by molar-refractivity contribution is 8.00. The van der Waals surface area contributed by atoms with Crippen LogP contribution in [0.5, 0.6) is 5.75 Å². The Balaban J connectivity index is 1.65. The third kappa shape index (κ3) is 5.91. The molecule has 166 valence electrons. The van der Waals surface area contributed by atoms with Gasteiger partial charge in [-0.1, -0.05) is 0 Å². The molecule has 0 saturated carbocycles. The van der Waals surface area contributed by atoms with Crippen molar-refractivity contribution in [3.05, 3.63) is 42.5 Å². The number of sulfone groups is 1. The van der Waals surface area contributed by atoms with Crippen molar-refractivity contribution in [3.63, 3.8) is 0 Å². The lowest BCUT2D eigenvalue weighted by Gasteiger charge is -2.18. The van der Waals surface area contributed by atoms with Gasteiger partial charge in [0.25, 0.3) is 0 Å². The predicted molar refractivity (Wildman–Crippen MR) is 109 cm³/mol. The van der Waals surface area contributed by atoms with Crippen LogP contribution in [0.4, 0.5) is 24.5 Å². The first kappa shape index (κ1) is 22.9. The van der Waals surface area contributed by atoms with Crippen LogP contribution in [0.3, 0.4) is 0 Å². The number of benzene rings is 2. The normalized spacial score (nSPS) is 14.9. The van der Waals surface area contributed by atoms with Crippen molar-refractivity contribution in [1.29, 1.82) is 0 Å². The Kier molecular flexibility index (Phi) is 6.51. The molecule has 0 aromatic heterocycles. The van der Waals surface area contributed by atoms with E-state index >= 15 is 0 Å². The third-order valence-corrected chi connectivity index (χ3v) is 7.50. The minimum Gasteiger partial charge on any atom is -0.406 e. The number of halogens is 3. The van der Waals surface area contributed by atoms with Crippen molar-refractivity contribution in [2.24, 2.45) is 0 Å². The molecule has 2 aromatic carbocycles. The summed E-state index contributed by atoms with van der Waals surface area (Å²) in [5.41, 5.74) is 0.595. The maximum atomic E-state index is 12.8. The fraction of sp³-hybridized carbons (Fsp3) is 0.263. The second kappa shape index (κ2) is 8.79. The van der Waals surface area contributed by atoms with Gasteiger partial charge in [0.05, 0.1) is 21.6 Å². The second-order valence-electron chi connectivity index (χ2n) is 6.67. The smallest absolute Gasteiger partial charge is 0.406 e. The van der Waals surface area contributed by atoms with Gasteiger partial charge in [-0.25, -0.2) is 8.42 Å². The van der Waals surface area contributed by atoms with Crippen LogP contribution < -0.4 is 15.4 Å². The summed E-state index contributed by atoms with van der Waals surface area (Å²) in [4.78, 5) is 24.5. The second-order valence-corrected chi connectivity index (χ2v) is 10.1. The zero-order valence-corrected chi connectivity index (χ0v) is 17.7. The molecule has 3 rings (SSSR count). The van der Waals surface area contributed by atoms with Crippen LogP contribution in [-0.4, -0.2) is 37.6 Å². The van der Waals surface area contributed by atoms with E-state index in [-0.39, 0.29) is 28.7 Å². The summed E-state index contributed by atoms with van der Waals surface area (Å²) in [5, 5.41) is 3.98. The molecule has 2 aromatic rings. The fourth-order valence-electron chi connectivity index (χ4n) is 2.79. The zero-order chi connectivity index (χ0) is 22.8. The highest BCUT2D eigenvalue weighted by atomic mass is 32.2. The van der Waals surface area contributed by atoms with Gasteiger partial charge in [0.15, 0.2) is 9.84 Å². The van der Waals surface area contributed by atoms with E-state index in [2.05, 4.69) is 15.4 Å². The number of fused-ring (bicyclic) bond motifs is 1. The molecule has 0 unspecified atom stereocenters. The number of amides is 2. The Hall–Kier alpha value is -2.73. The quantitative estimate of drug-likeness (QED) is 0.660. The minimum atomic E-state index is -4.83. The number of anilines is 2. The molecule has 0 fully saturated rings. The highest BCUT2D eigenvalue weighted by Gasteiger charge is 2.31. The maximum Gasteiger partial charge on any atom is 0.573 e. The number of carbonyl (C=O) groups excluding carboxylic acids is 2. The third-order valence-electron chi connectivity index (χ3n) is 4.29. The first-order valence-electron chi connectivity index (χ1n) is 8.90. The average Bonchev–Trinajstić information content (AvgIpc) is 2.67. The molecule has 0 spiro atoms. The van der Waals surface area contributed by atoms with Gasteiger partial charge in [-0.15, -0.1) is 24.9 Å². The van der Waals surface area contributed by atoms with Gasteiger partial charge in [-0.3, -0.25) is 9.59 Å². The first-order valence-corrected chi connectivity index (χ1v) is 11.4. The molecule has 0 radical (unpaired) electrons. The van der Waals surface area contributed by atoms with Gasteiger partial charge >= 0.3 is 6.36 Å². The zero-order valence-electron chi connectivity index (χ0n) is 16.0. The lowest BCUT2D eigenvalue weighted by Crippen LogP contribution is -2.25. The van der Waals surface area contributed by atoms with Crippen molar-refractivity contribution in [3.8, 4) is 5.75 Å². The van der Waals surface area contributed by atoms with Crippen molar-refractivity contribution in [2.75, 3.05) is 16.4 Å². The van der Waals surface area contributed by atoms with Gasteiger partial charge in [-0.2, -0.15) is 0 Å². The van der Waals surface area contributed by atoms with Crippen molar-refractivity contribution in [2.45, 2.75) is 34.7 Å². The molecule has 7 nitrogen and oxygen atoms in total. The topological polar surface area (TPSA) is 102 Å². The number of hydrogen-bond acceptors (Lipinski definition) is 6. The van der Waals surface area contributed by atoms with Crippen LogP contribution in [0, 0.1) is 0 Å². The van der Waals surface area contributed by atoms with Crippen LogP contribution in [0.2, 0.25) is 0 Å². The van der Waals surface area contributed by atoms with Gasteiger partial charge in [0, 0.05) is 17.0 Å². The standard InChI is InChI=1S/C19H17F3N2O5S2/c1-11(8-17(25)23-12-2-4-13(5-3-12)29-19(20,21)22)31(27,28)14-6-7-16-15(9-14)24-18(26)10-30-16/h2-7,9,11H,8,10H2,1H3,(H,23,25)(H,24,26)/t11-/m0/s1. The number of thioether (sulfide) groups is 1. The molecule has 1 atom stereocenters. The van der Waals surface area contributed by atoms with Crippen molar-refractivity contribution in [1.82, 2.24) is 0 Å². The molecular weight excluding hydrogens is 457 g/mol. The number of nitrogens with one attached hydrogen (secondary N) is 2. The summed E-state index contributed by atoms with van der Waals surface area (Å²) in [5.74, 6) is -1.05. The fourth-order valence-corrected chi connectivity index (χ4v) is 4.96. The van der Waals surface area contributed by atoms with Gasteiger partial charge in [0.2, 0.25) is 11.8 Å². The monoisotopic (exact) mass is 474 g/mol. The molecule has 0 saturated heterocycles.